The first-order valence-corrected chi connectivity index (χ1v) is 12.9. The number of ether oxygens (including phenoxy) is 1. The van der Waals surface area contributed by atoms with Gasteiger partial charge in [0.25, 0.3) is 0 Å². The SMILES string of the molecule is COc1ccc(-c2nc(CN3CCN(c4nc(-c5cccnc5)nc5ccccc45)CC3)cs2)cc1. The number of aromatic nitrogens is 4. The van der Waals surface area contributed by atoms with Crippen molar-refractivity contribution in [1.29, 1.82) is 0 Å². The Morgan fingerprint density at radius 3 is 2.47 bits per heavy atom. The van der Waals surface area contributed by atoms with E-state index in [1.807, 2.05) is 36.5 Å². The standard InChI is InChI=1S/C28H26N6OS/c1-35-23-10-8-20(9-11-23)28-30-22(19-36-28)18-33-13-15-34(16-14-33)27-24-6-2-3-7-25(24)31-26(32-27)21-5-4-12-29-17-21/h2-12,17,19H,13-16,18H2,1H3. The predicted molar refractivity (Wildman–Crippen MR) is 144 cm³/mol. The van der Waals surface area contributed by atoms with Gasteiger partial charge in [-0.3, -0.25) is 9.88 Å². The van der Waals surface area contributed by atoms with Gasteiger partial charge in [0.2, 0.25) is 0 Å². The lowest BCUT2D eigenvalue weighted by molar-refractivity contribution is 0.247. The molecule has 0 N–H and O–H groups in total. The molecule has 1 fully saturated rings. The maximum Gasteiger partial charge on any atom is 0.163 e. The molecule has 1 aliphatic rings. The second-order valence-electron chi connectivity index (χ2n) is 8.77. The third-order valence-corrected chi connectivity index (χ3v) is 7.39. The van der Waals surface area contributed by atoms with Gasteiger partial charge < -0.3 is 9.64 Å². The molecule has 5 aromatic rings. The van der Waals surface area contributed by atoms with Gasteiger partial charge in [-0.15, -0.1) is 11.3 Å². The first kappa shape index (κ1) is 22.6. The average molecular weight is 495 g/mol. The van der Waals surface area contributed by atoms with Gasteiger partial charge in [-0.1, -0.05) is 12.1 Å². The van der Waals surface area contributed by atoms with Gasteiger partial charge in [0.05, 0.1) is 18.3 Å². The number of hydrogen-bond acceptors (Lipinski definition) is 8. The molecule has 0 spiro atoms. The zero-order valence-electron chi connectivity index (χ0n) is 20.0. The van der Waals surface area contributed by atoms with E-state index in [2.05, 4.69) is 50.5 Å². The van der Waals surface area contributed by atoms with Crippen molar-refractivity contribution >= 4 is 28.1 Å². The Labute approximate surface area is 214 Å². The monoisotopic (exact) mass is 494 g/mol. The number of pyridine rings is 1. The smallest absolute Gasteiger partial charge is 0.163 e. The van der Waals surface area contributed by atoms with Crippen LogP contribution in [0.3, 0.4) is 0 Å². The number of fused-ring (bicyclic) bond motifs is 1. The summed E-state index contributed by atoms with van der Waals surface area (Å²) in [6.07, 6.45) is 3.59. The highest BCUT2D eigenvalue weighted by molar-refractivity contribution is 7.13. The van der Waals surface area contributed by atoms with E-state index in [-0.39, 0.29) is 0 Å². The number of benzene rings is 2. The first-order chi connectivity index (χ1) is 17.8. The molecule has 6 rings (SSSR count). The molecule has 180 valence electrons. The summed E-state index contributed by atoms with van der Waals surface area (Å²) in [5, 5.41) is 4.30. The van der Waals surface area contributed by atoms with Crippen LogP contribution in [0.15, 0.2) is 78.4 Å². The molecular weight excluding hydrogens is 468 g/mol. The van der Waals surface area contributed by atoms with Crippen LogP contribution in [-0.4, -0.2) is 58.1 Å². The Balaban J connectivity index is 1.16. The quantitative estimate of drug-likeness (QED) is 0.324. The highest BCUT2D eigenvalue weighted by atomic mass is 32.1. The second kappa shape index (κ2) is 10.0. The Morgan fingerprint density at radius 2 is 1.69 bits per heavy atom. The minimum absolute atomic E-state index is 0.716. The molecule has 0 atom stereocenters. The fraction of sp³-hybridized carbons (Fsp3) is 0.214. The molecule has 8 heteroatoms. The minimum atomic E-state index is 0.716. The fourth-order valence-corrected chi connectivity index (χ4v) is 5.33. The van der Waals surface area contributed by atoms with Crippen molar-refractivity contribution in [2.24, 2.45) is 0 Å². The zero-order valence-corrected chi connectivity index (χ0v) is 20.9. The van der Waals surface area contributed by atoms with Crippen LogP contribution in [0.2, 0.25) is 0 Å². The Kier molecular flexibility index (Phi) is 6.27. The zero-order chi connectivity index (χ0) is 24.3. The van der Waals surface area contributed by atoms with Gasteiger partial charge in [0.1, 0.15) is 16.6 Å². The normalized spacial score (nSPS) is 14.3. The van der Waals surface area contributed by atoms with Crippen molar-refractivity contribution in [3.63, 3.8) is 0 Å². The summed E-state index contributed by atoms with van der Waals surface area (Å²) < 4.78 is 5.27. The second-order valence-corrected chi connectivity index (χ2v) is 9.62. The summed E-state index contributed by atoms with van der Waals surface area (Å²) in [5.74, 6) is 2.57. The third-order valence-electron chi connectivity index (χ3n) is 6.45. The van der Waals surface area contributed by atoms with Crippen LogP contribution < -0.4 is 9.64 Å². The molecule has 1 aliphatic heterocycles. The van der Waals surface area contributed by atoms with Crippen molar-refractivity contribution in [2.45, 2.75) is 6.54 Å². The van der Waals surface area contributed by atoms with Gasteiger partial charge >= 0.3 is 0 Å². The molecule has 36 heavy (non-hydrogen) atoms. The van der Waals surface area contributed by atoms with Gasteiger partial charge in [0, 0.05) is 67.0 Å². The summed E-state index contributed by atoms with van der Waals surface area (Å²) >= 11 is 1.69. The molecule has 0 amide bonds. The Hall–Kier alpha value is -3.88. The Bertz CT molecular complexity index is 1460. The highest BCUT2D eigenvalue weighted by Gasteiger charge is 2.22. The van der Waals surface area contributed by atoms with Crippen molar-refractivity contribution in [3.05, 3.63) is 84.1 Å². The average Bonchev–Trinajstić information content (AvgIpc) is 3.42. The van der Waals surface area contributed by atoms with Gasteiger partial charge in [0.15, 0.2) is 5.82 Å². The van der Waals surface area contributed by atoms with Crippen molar-refractivity contribution in [2.75, 3.05) is 38.2 Å². The number of thiazole rings is 1. The number of nitrogens with zero attached hydrogens (tertiary/aromatic N) is 6. The van der Waals surface area contributed by atoms with E-state index < -0.39 is 0 Å². The minimum Gasteiger partial charge on any atom is -0.497 e. The van der Waals surface area contributed by atoms with Gasteiger partial charge in [-0.25, -0.2) is 15.0 Å². The van der Waals surface area contributed by atoms with Crippen LogP contribution in [-0.2, 0) is 6.54 Å². The molecule has 0 bridgehead atoms. The van der Waals surface area contributed by atoms with E-state index in [1.54, 1.807) is 24.6 Å². The molecule has 0 saturated carbocycles. The topological polar surface area (TPSA) is 67.3 Å². The van der Waals surface area contributed by atoms with Crippen molar-refractivity contribution < 1.29 is 4.74 Å². The number of piperazine rings is 1. The lowest BCUT2D eigenvalue weighted by Gasteiger charge is -2.35. The maximum absolute atomic E-state index is 5.27. The first-order valence-electron chi connectivity index (χ1n) is 12.0. The van der Waals surface area contributed by atoms with Crippen LogP contribution in [0.25, 0.3) is 32.9 Å². The van der Waals surface area contributed by atoms with E-state index in [0.717, 1.165) is 77.0 Å². The van der Waals surface area contributed by atoms with Crippen LogP contribution >= 0.6 is 11.3 Å². The van der Waals surface area contributed by atoms with E-state index in [4.69, 9.17) is 19.7 Å². The molecule has 0 unspecified atom stereocenters. The molecule has 2 aromatic carbocycles. The summed E-state index contributed by atoms with van der Waals surface area (Å²) in [6, 6.07) is 20.3. The van der Waals surface area contributed by atoms with Crippen LogP contribution in [0.1, 0.15) is 5.69 Å². The van der Waals surface area contributed by atoms with E-state index >= 15 is 0 Å². The summed E-state index contributed by atoms with van der Waals surface area (Å²) in [5.41, 5.74) is 4.12. The van der Waals surface area contributed by atoms with Crippen LogP contribution in [0, 0.1) is 0 Å². The van der Waals surface area contributed by atoms with E-state index in [0.29, 0.717) is 5.82 Å². The molecule has 0 aliphatic carbocycles. The van der Waals surface area contributed by atoms with Gasteiger partial charge in [-0.05, 0) is 48.5 Å². The predicted octanol–water partition coefficient (Wildman–Crippen LogP) is 5.15. The largest absolute Gasteiger partial charge is 0.497 e. The maximum atomic E-state index is 5.27. The number of methoxy groups -OCH3 is 1. The van der Waals surface area contributed by atoms with Crippen molar-refractivity contribution in [3.8, 4) is 27.7 Å². The molecule has 7 nitrogen and oxygen atoms in total. The van der Waals surface area contributed by atoms with E-state index in [1.165, 1.54) is 0 Å². The molecule has 1 saturated heterocycles. The van der Waals surface area contributed by atoms with Crippen LogP contribution in [0.4, 0.5) is 5.82 Å². The number of hydrogen-bond donors (Lipinski definition) is 0. The molecule has 0 radical (unpaired) electrons. The lowest BCUT2D eigenvalue weighted by Crippen LogP contribution is -2.46. The lowest BCUT2D eigenvalue weighted by atomic mass is 10.2. The fourth-order valence-electron chi connectivity index (χ4n) is 4.52. The molecular formula is C28H26N6OS. The third kappa shape index (κ3) is 4.65. The highest BCUT2D eigenvalue weighted by Crippen LogP contribution is 2.29. The summed E-state index contributed by atoms with van der Waals surface area (Å²) in [4.78, 5) is 23.8. The molecule has 4 heterocycles. The Morgan fingerprint density at radius 1 is 0.861 bits per heavy atom. The summed E-state index contributed by atoms with van der Waals surface area (Å²) in [6.45, 7) is 4.57. The van der Waals surface area contributed by atoms with Gasteiger partial charge in [-0.2, -0.15) is 0 Å². The van der Waals surface area contributed by atoms with E-state index in [9.17, 15) is 0 Å². The number of para-hydroxylation sites is 1. The van der Waals surface area contributed by atoms with Crippen LogP contribution in [0.5, 0.6) is 5.75 Å². The number of anilines is 1. The van der Waals surface area contributed by atoms with Crippen molar-refractivity contribution in [1.82, 2.24) is 24.8 Å². The number of rotatable bonds is 6. The summed E-state index contributed by atoms with van der Waals surface area (Å²) in [7, 11) is 1.68. The molecule has 3 aromatic heterocycles.